The Morgan fingerprint density at radius 1 is 1.30 bits per heavy atom. The molecular formula is C17H23N3O3. The van der Waals surface area contributed by atoms with Crippen LogP contribution in [0.3, 0.4) is 0 Å². The highest BCUT2D eigenvalue weighted by Crippen LogP contribution is 2.21. The van der Waals surface area contributed by atoms with Gasteiger partial charge in [-0.05, 0) is 37.0 Å². The maximum Gasteiger partial charge on any atom is 0.237 e. The van der Waals surface area contributed by atoms with Crippen molar-refractivity contribution in [1.82, 2.24) is 10.6 Å². The molecule has 3 rings (SSSR count). The highest BCUT2D eigenvalue weighted by Gasteiger charge is 2.27. The van der Waals surface area contributed by atoms with Gasteiger partial charge in [0.1, 0.15) is 0 Å². The summed E-state index contributed by atoms with van der Waals surface area (Å²) in [7, 11) is 0. The zero-order valence-electron chi connectivity index (χ0n) is 13.1. The van der Waals surface area contributed by atoms with Crippen molar-refractivity contribution in [3.05, 3.63) is 29.8 Å². The maximum atomic E-state index is 12.0. The number of carbonyl (C=O) groups excluding carboxylic acids is 2. The number of anilines is 1. The molecule has 6 nitrogen and oxygen atoms in total. The normalized spacial score (nSPS) is 24.7. The molecule has 2 unspecified atom stereocenters. The first kappa shape index (κ1) is 16.0. The SMILES string of the molecule is O=C(NCc1ccc(N2CCCCC2=O)cc1)C1CC(O)CN1. The molecule has 2 atom stereocenters. The minimum absolute atomic E-state index is 0.0863. The van der Waals surface area contributed by atoms with Crippen molar-refractivity contribution in [1.29, 1.82) is 0 Å². The van der Waals surface area contributed by atoms with Gasteiger partial charge in [-0.2, -0.15) is 0 Å². The molecule has 3 N–H and O–H groups in total. The summed E-state index contributed by atoms with van der Waals surface area (Å²) in [5.41, 5.74) is 1.91. The molecule has 0 aromatic heterocycles. The van der Waals surface area contributed by atoms with E-state index in [2.05, 4.69) is 10.6 Å². The number of piperidine rings is 1. The van der Waals surface area contributed by atoms with E-state index < -0.39 is 6.10 Å². The Bertz CT molecular complexity index is 573. The fraction of sp³-hybridized carbons (Fsp3) is 0.529. The molecular weight excluding hydrogens is 294 g/mol. The summed E-state index contributed by atoms with van der Waals surface area (Å²) < 4.78 is 0. The predicted octanol–water partition coefficient (Wildman–Crippen LogP) is 0.542. The van der Waals surface area contributed by atoms with E-state index in [1.165, 1.54) is 0 Å². The summed E-state index contributed by atoms with van der Waals surface area (Å²) in [6, 6.07) is 7.43. The largest absolute Gasteiger partial charge is 0.392 e. The minimum Gasteiger partial charge on any atom is -0.392 e. The Kier molecular flexibility index (Phi) is 4.93. The molecule has 1 aromatic carbocycles. The third kappa shape index (κ3) is 3.89. The van der Waals surface area contributed by atoms with Crippen molar-refractivity contribution in [3.8, 4) is 0 Å². The van der Waals surface area contributed by atoms with E-state index in [1.54, 1.807) is 0 Å². The lowest BCUT2D eigenvalue weighted by Gasteiger charge is -2.26. The number of aliphatic hydroxyl groups excluding tert-OH is 1. The van der Waals surface area contributed by atoms with Gasteiger partial charge < -0.3 is 20.6 Å². The van der Waals surface area contributed by atoms with Gasteiger partial charge in [0, 0.05) is 31.7 Å². The van der Waals surface area contributed by atoms with E-state index in [1.807, 2.05) is 29.2 Å². The van der Waals surface area contributed by atoms with Gasteiger partial charge in [-0.3, -0.25) is 9.59 Å². The summed E-state index contributed by atoms with van der Waals surface area (Å²) in [6.07, 6.45) is 2.67. The number of nitrogens with zero attached hydrogens (tertiary/aromatic N) is 1. The Morgan fingerprint density at radius 2 is 2.09 bits per heavy atom. The summed E-state index contributed by atoms with van der Waals surface area (Å²) in [5.74, 6) is 0.0972. The molecule has 0 bridgehead atoms. The molecule has 0 aliphatic carbocycles. The van der Waals surface area contributed by atoms with E-state index >= 15 is 0 Å². The van der Waals surface area contributed by atoms with Crippen LogP contribution < -0.4 is 15.5 Å². The molecule has 23 heavy (non-hydrogen) atoms. The van der Waals surface area contributed by atoms with Crippen molar-refractivity contribution < 1.29 is 14.7 Å². The molecule has 2 saturated heterocycles. The lowest BCUT2D eigenvalue weighted by Crippen LogP contribution is -2.40. The van der Waals surface area contributed by atoms with Crippen LogP contribution >= 0.6 is 0 Å². The zero-order chi connectivity index (χ0) is 16.2. The van der Waals surface area contributed by atoms with E-state index in [0.29, 0.717) is 25.9 Å². The highest BCUT2D eigenvalue weighted by atomic mass is 16.3. The Hall–Kier alpha value is -1.92. The number of benzene rings is 1. The van der Waals surface area contributed by atoms with Gasteiger partial charge in [0.15, 0.2) is 0 Å². The smallest absolute Gasteiger partial charge is 0.237 e. The standard InChI is InChI=1S/C17H23N3O3/c21-14-9-15(18-11-14)17(23)19-10-12-4-6-13(7-5-12)20-8-2-1-3-16(20)22/h4-7,14-15,18,21H,1-3,8-11H2,(H,19,23). The van der Waals surface area contributed by atoms with E-state index in [4.69, 9.17) is 0 Å². The van der Waals surface area contributed by atoms with E-state index in [9.17, 15) is 14.7 Å². The van der Waals surface area contributed by atoms with Crippen LogP contribution in [0.5, 0.6) is 0 Å². The fourth-order valence-corrected chi connectivity index (χ4v) is 3.10. The van der Waals surface area contributed by atoms with Crippen LogP contribution in [0, 0.1) is 0 Å². The summed E-state index contributed by atoms with van der Waals surface area (Å²) in [4.78, 5) is 25.7. The number of nitrogens with one attached hydrogen (secondary N) is 2. The average molecular weight is 317 g/mol. The van der Waals surface area contributed by atoms with Gasteiger partial charge in [-0.25, -0.2) is 0 Å². The topological polar surface area (TPSA) is 81.7 Å². The van der Waals surface area contributed by atoms with Gasteiger partial charge in [-0.15, -0.1) is 0 Å². The summed E-state index contributed by atoms with van der Waals surface area (Å²) in [6.45, 7) is 1.70. The van der Waals surface area contributed by atoms with Crippen LogP contribution in [-0.2, 0) is 16.1 Å². The van der Waals surface area contributed by atoms with Crippen molar-refractivity contribution in [2.24, 2.45) is 0 Å². The van der Waals surface area contributed by atoms with Crippen molar-refractivity contribution in [3.63, 3.8) is 0 Å². The van der Waals surface area contributed by atoms with Gasteiger partial charge in [-0.1, -0.05) is 12.1 Å². The number of rotatable bonds is 4. The molecule has 0 spiro atoms. The van der Waals surface area contributed by atoms with Gasteiger partial charge in [0.2, 0.25) is 11.8 Å². The summed E-state index contributed by atoms with van der Waals surface area (Å²) in [5, 5.41) is 15.3. The van der Waals surface area contributed by atoms with Gasteiger partial charge in [0.05, 0.1) is 12.1 Å². The average Bonchev–Trinajstić information content (AvgIpc) is 3.00. The molecule has 0 radical (unpaired) electrons. The Labute approximate surface area is 135 Å². The first-order valence-electron chi connectivity index (χ1n) is 8.22. The van der Waals surface area contributed by atoms with Crippen LogP contribution in [0.4, 0.5) is 5.69 Å². The quantitative estimate of drug-likeness (QED) is 0.757. The number of β-amino-alcohol motifs (C(OH)–C–C–N with tert-alkyl or cyclic N) is 1. The van der Waals surface area contributed by atoms with Gasteiger partial charge in [0.25, 0.3) is 0 Å². The number of amides is 2. The van der Waals surface area contributed by atoms with Crippen molar-refractivity contribution in [2.75, 3.05) is 18.0 Å². The monoisotopic (exact) mass is 317 g/mol. The van der Waals surface area contributed by atoms with Crippen LogP contribution in [-0.4, -0.2) is 42.2 Å². The van der Waals surface area contributed by atoms with Crippen LogP contribution in [0.2, 0.25) is 0 Å². The molecule has 2 aliphatic rings. The molecule has 2 amide bonds. The molecule has 2 heterocycles. The molecule has 1 aromatic rings. The highest BCUT2D eigenvalue weighted by molar-refractivity contribution is 5.93. The number of aliphatic hydroxyl groups is 1. The Morgan fingerprint density at radius 3 is 2.74 bits per heavy atom. The van der Waals surface area contributed by atoms with Crippen LogP contribution in [0.1, 0.15) is 31.2 Å². The Balaban J connectivity index is 1.53. The first-order valence-corrected chi connectivity index (χ1v) is 8.22. The second-order valence-electron chi connectivity index (χ2n) is 6.24. The van der Waals surface area contributed by atoms with Gasteiger partial charge >= 0.3 is 0 Å². The third-order valence-corrected chi connectivity index (χ3v) is 4.46. The van der Waals surface area contributed by atoms with Crippen molar-refractivity contribution >= 4 is 17.5 Å². The number of hydrogen-bond acceptors (Lipinski definition) is 4. The van der Waals surface area contributed by atoms with Crippen LogP contribution in [0.25, 0.3) is 0 Å². The van der Waals surface area contributed by atoms with E-state index in [0.717, 1.165) is 30.6 Å². The van der Waals surface area contributed by atoms with Crippen LogP contribution in [0.15, 0.2) is 24.3 Å². The first-order chi connectivity index (χ1) is 11.1. The predicted molar refractivity (Wildman–Crippen MR) is 86.9 cm³/mol. The fourth-order valence-electron chi connectivity index (χ4n) is 3.10. The number of hydrogen-bond donors (Lipinski definition) is 3. The third-order valence-electron chi connectivity index (χ3n) is 4.46. The van der Waals surface area contributed by atoms with Crippen molar-refractivity contribution in [2.45, 2.75) is 44.4 Å². The lowest BCUT2D eigenvalue weighted by molar-refractivity contribution is -0.123. The second-order valence-corrected chi connectivity index (χ2v) is 6.24. The minimum atomic E-state index is -0.438. The summed E-state index contributed by atoms with van der Waals surface area (Å²) >= 11 is 0. The maximum absolute atomic E-state index is 12.0. The molecule has 6 heteroatoms. The molecule has 2 fully saturated rings. The number of carbonyl (C=O) groups is 2. The lowest BCUT2D eigenvalue weighted by atomic mass is 10.1. The molecule has 124 valence electrons. The van der Waals surface area contributed by atoms with E-state index in [-0.39, 0.29) is 17.9 Å². The molecule has 0 saturated carbocycles. The molecule has 2 aliphatic heterocycles. The second kappa shape index (κ2) is 7.10. The zero-order valence-corrected chi connectivity index (χ0v) is 13.1.